The summed E-state index contributed by atoms with van der Waals surface area (Å²) in [6.07, 6.45) is -15.3. The van der Waals surface area contributed by atoms with E-state index in [1.54, 1.807) is 0 Å². The van der Waals surface area contributed by atoms with Crippen LogP contribution in [0.25, 0.3) is 11.2 Å². The topological polar surface area (TPSA) is 323 Å². The molecule has 0 aromatic carbocycles. The van der Waals surface area contributed by atoms with E-state index >= 15 is 0 Å². The average molecular weight is 617 g/mol. The Morgan fingerprint density at radius 2 is 1.68 bits per heavy atom. The van der Waals surface area contributed by atoms with Crippen LogP contribution in [0, 0.1) is 0 Å². The van der Waals surface area contributed by atoms with Gasteiger partial charge >= 0.3 is 15.2 Å². The van der Waals surface area contributed by atoms with E-state index in [0.717, 1.165) is 6.33 Å². The van der Waals surface area contributed by atoms with Crippen LogP contribution in [-0.2, 0) is 27.7 Å². The fourth-order valence-electron chi connectivity index (χ4n) is 4.19. The average Bonchev–Trinajstić information content (AvgIpc) is 3.43. The fourth-order valence-corrected chi connectivity index (χ4v) is 7.47. The maximum absolute atomic E-state index is 12.6. The van der Waals surface area contributed by atoms with Gasteiger partial charge in [0.15, 0.2) is 29.9 Å². The number of rotatable bonds is 10. The molecule has 226 valence electrons. The van der Waals surface area contributed by atoms with Crippen molar-refractivity contribution in [3.63, 3.8) is 0 Å². The monoisotopic (exact) mass is 617 g/mol. The molecular weight excluding hydrogens is 588 g/mol. The highest BCUT2D eigenvalue weighted by Crippen LogP contribution is 2.59. The normalized spacial score (nSPS) is 36.8. The Morgan fingerprint density at radius 1 is 0.975 bits per heavy atom. The lowest BCUT2D eigenvalue weighted by Crippen LogP contribution is -2.61. The van der Waals surface area contributed by atoms with Crippen molar-refractivity contribution in [2.24, 2.45) is 0 Å². The number of nitrogens with zero attached hydrogens (tertiary/aromatic N) is 4. The van der Waals surface area contributed by atoms with Gasteiger partial charge in [-0.25, -0.2) is 15.0 Å². The molecule has 2 aliphatic heterocycles. The number of nitrogens with two attached hydrogens (primary N) is 1. The van der Waals surface area contributed by atoms with E-state index in [1.807, 2.05) is 0 Å². The molecule has 0 amide bonds. The van der Waals surface area contributed by atoms with Crippen LogP contribution < -0.4 is 5.73 Å². The number of hydrogen-bond acceptors (Lipinski definition) is 17. The highest BCUT2D eigenvalue weighted by molar-refractivity contribution is 7.70. The molecule has 6 unspecified atom stereocenters. The Hall–Kier alpha value is -1.71. The van der Waals surface area contributed by atoms with Gasteiger partial charge in [-0.2, -0.15) is 0 Å². The molecule has 0 radical (unpaired) electrons. The molecular formula is C18H29N5O15P2. The molecule has 2 fully saturated rings. The fraction of sp³-hybridized carbons (Fsp3) is 0.722. The molecule has 20 nitrogen and oxygen atoms in total. The van der Waals surface area contributed by atoms with Gasteiger partial charge < -0.3 is 65.3 Å². The Balaban J connectivity index is 1.38. The van der Waals surface area contributed by atoms with Gasteiger partial charge in [-0.15, -0.1) is 0 Å². The lowest BCUT2D eigenvalue weighted by molar-refractivity contribution is -0.291. The molecule has 2 aromatic heterocycles. The number of aliphatic hydroxyl groups excluding tert-OH is 7. The largest absolute Gasteiger partial charge is 0.394 e. The zero-order chi connectivity index (χ0) is 29.6. The quantitative estimate of drug-likeness (QED) is 0.112. The van der Waals surface area contributed by atoms with Crippen molar-refractivity contribution < 1.29 is 73.2 Å². The third-order valence-electron chi connectivity index (χ3n) is 6.24. The van der Waals surface area contributed by atoms with Crippen molar-refractivity contribution in [1.29, 1.82) is 0 Å². The van der Waals surface area contributed by atoms with E-state index < -0.39 is 95.7 Å². The molecule has 0 saturated carbocycles. The number of hydrogen-bond donors (Lipinski definition) is 10. The molecule has 22 heteroatoms. The number of aromatic nitrogens is 4. The predicted octanol–water partition coefficient (Wildman–Crippen LogP) is -4.45. The summed E-state index contributed by atoms with van der Waals surface area (Å²) in [5, 5.41) is 69.5. The smallest absolute Gasteiger partial charge is 0.342 e. The first-order valence-electron chi connectivity index (χ1n) is 11.6. The first kappa shape index (κ1) is 31.2. The molecule has 4 rings (SSSR count). The van der Waals surface area contributed by atoms with Crippen LogP contribution in [-0.4, -0.2) is 139 Å². The number of ether oxygens (including phenoxy) is 2. The predicted molar refractivity (Wildman–Crippen MR) is 127 cm³/mol. The van der Waals surface area contributed by atoms with Crippen molar-refractivity contribution in [3.8, 4) is 0 Å². The van der Waals surface area contributed by atoms with Crippen LogP contribution in [0.1, 0.15) is 6.23 Å². The van der Waals surface area contributed by atoms with Crippen molar-refractivity contribution in [2.45, 2.75) is 61.3 Å². The van der Waals surface area contributed by atoms with Gasteiger partial charge in [-0.1, -0.05) is 0 Å². The van der Waals surface area contributed by atoms with Crippen LogP contribution >= 0.6 is 15.2 Å². The summed E-state index contributed by atoms with van der Waals surface area (Å²) >= 11 is 0. The Labute approximate surface area is 224 Å². The molecule has 2 aromatic rings. The molecule has 2 saturated heterocycles. The van der Waals surface area contributed by atoms with E-state index in [2.05, 4.69) is 15.0 Å². The van der Waals surface area contributed by atoms with Crippen molar-refractivity contribution in [3.05, 3.63) is 12.7 Å². The van der Waals surface area contributed by atoms with Gasteiger partial charge in [-0.3, -0.25) is 18.2 Å². The number of imidazole rings is 1. The first-order chi connectivity index (χ1) is 18.7. The lowest BCUT2D eigenvalue weighted by Gasteiger charge is -2.41. The summed E-state index contributed by atoms with van der Waals surface area (Å²) in [6, 6.07) is 0. The molecule has 11 N–H and O–H groups in total. The highest BCUT2D eigenvalue weighted by Gasteiger charge is 2.50. The summed E-state index contributed by atoms with van der Waals surface area (Å²) in [5.74, 6) is -1.51. The van der Waals surface area contributed by atoms with Crippen LogP contribution in [0.2, 0.25) is 0 Å². The summed E-state index contributed by atoms with van der Waals surface area (Å²) in [7, 11) is -10.2. The van der Waals surface area contributed by atoms with Crippen molar-refractivity contribution in [1.82, 2.24) is 19.5 Å². The second-order valence-electron chi connectivity index (χ2n) is 9.14. The van der Waals surface area contributed by atoms with Gasteiger partial charge in [0, 0.05) is 0 Å². The number of nitrogen functional groups attached to an aromatic ring is 1. The second-order valence-corrected chi connectivity index (χ2v) is 13.3. The van der Waals surface area contributed by atoms with Crippen molar-refractivity contribution >= 4 is 32.2 Å². The van der Waals surface area contributed by atoms with E-state index in [9.17, 15) is 49.6 Å². The van der Waals surface area contributed by atoms with Crippen LogP contribution in [0.15, 0.2) is 12.7 Å². The van der Waals surface area contributed by atoms with Gasteiger partial charge in [0.2, 0.25) is 0 Å². The van der Waals surface area contributed by atoms with E-state index in [1.165, 1.54) is 10.9 Å². The molecule has 40 heavy (non-hydrogen) atoms. The SMILES string of the molecule is Nc1ncnc2c1ncn2[C@@H]1O[C@H](COP(=O)(O)CP(=O)(O)OC2OC([C@H](O)CO)[C@@H](O)[C@H](O)C2O)C(O)[C@@H]1O. The summed E-state index contributed by atoms with van der Waals surface area (Å²) in [5.41, 5.74) is 6.08. The minimum atomic E-state index is -5.15. The third-order valence-corrected chi connectivity index (χ3v) is 10.2. The van der Waals surface area contributed by atoms with Crippen LogP contribution in [0.5, 0.6) is 0 Å². The zero-order valence-corrected chi connectivity index (χ0v) is 22.1. The third kappa shape index (κ3) is 6.36. The summed E-state index contributed by atoms with van der Waals surface area (Å²) in [4.78, 5) is 32.1. The maximum Gasteiger partial charge on any atom is 0.342 e. The van der Waals surface area contributed by atoms with Gasteiger partial charge in [0.05, 0.1) is 19.5 Å². The molecule has 0 bridgehead atoms. The van der Waals surface area contributed by atoms with E-state index in [-0.39, 0.29) is 17.0 Å². The number of aliphatic hydroxyl groups is 7. The Bertz CT molecular complexity index is 1290. The number of anilines is 1. The Morgan fingerprint density at radius 3 is 2.35 bits per heavy atom. The van der Waals surface area contributed by atoms with Gasteiger partial charge in [0.25, 0.3) is 0 Å². The van der Waals surface area contributed by atoms with Crippen molar-refractivity contribution in [2.75, 3.05) is 24.9 Å². The molecule has 0 aliphatic carbocycles. The number of fused-ring (bicyclic) bond motifs is 1. The molecule has 0 spiro atoms. The highest BCUT2D eigenvalue weighted by atomic mass is 31.2. The minimum absolute atomic E-state index is 0.0467. The maximum atomic E-state index is 12.6. The zero-order valence-electron chi connectivity index (χ0n) is 20.3. The molecule has 2 aliphatic rings. The van der Waals surface area contributed by atoms with Gasteiger partial charge in [0.1, 0.15) is 60.7 Å². The molecule has 12 atom stereocenters. The van der Waals surface area contributed by atoms with Crippen LogP contribution in [0.3, 0.4) is 0 Å². The molecule has 4 heterocycles. The second kappa shape index (κ2) is 11.9. The summed E-state index contributed by atoms with van der Waals surface area (Å²) < 4.78 is 46.5. The van der Waals surface area contributed by atoms with Gasteiger partial charge in [-0.05, 0) is 0 Å². The van der Waals surface area contributed by atoms with Crippen LogP contribution in [0.4, 0.5) is 5.82 Å². The van der Waals surface area contributed by atoms with E-state index in [4.69, 9.17) is 29.4 Å². The summed E-state index contributed by atoms with van der Waals surface area (Å²) in [6.45, 7) is -1.79. The minimum Gasteiger partial charge on any atom is -0.394 e. The lowest BCUT2D eigenvalue weighted by atomic mass is 9.96. The Kier molecular flexibility index (Phi) is 9.28. The standard InChI is InChI=1S/C18H29N5O15P2/c19-15-8-16(21-3-20-15)23(4-22-8)17-12(29)9(26)7(36-17)2-35-39(31,32)5-40(33,34)38-18-13(30)10(27)11(28)14(37-18)6(25)1-24/h3-4,6-7,9-14,17-18,24-30H,1-2,5H2,(H,31,32)(H,33,34)(H2,19,20,21)/t6-,7-,9?,10+,11+,12+,13?,14?,17-,18?/m1/s1. The van der Waals surface area contributed by atoms with E-state index in [0.29, 0.717) is 0 Å². The first-order valence-corrected chi connectivity index (χ1v) is 15.1.